The van der Waals surface area contributed by atoms with Gasteiger partial charge in [-0.25, -0.2) is 0 Å². The molecular weight excluding hydrogens is 188 g/mol. The molecule has 1 unspecified atom stereocenters. The van der Waals surface area contributed by atoms with Gasteiger partial charge in [-0.3, -0.25) is 4.90 Å². The van der Waals surface area contributed by atoms with Gasteiger partial charge in [0.1, 0.15) is 11.9 Å². The van der Waals surface area contributed by atoms with Crippen LogP contribution in [0.4, 0.5) is 0 Å². The molecule has 1 heterocycles. The van der Waals surface area contributed by atoms with Crippen LogP contribution in [0.3, 0.4) is 0 Å². The van der Waals surface area contributed by atoms with E-state index in [1.807, 2.05) is 30.3 Å². The maximum absolute atomic E-state index is 5.77. The fraction of sp³-hybridized carbons (Fsp3) is 0.500. The Labute approximate surface area is 90.8 Å². The molecule has 0 saturated carbocycles. The number of rotatable bonds is 4. The minimum atomic E-state index is 0.222. The summed E-state index contributed by atoms with van der Waals surface area (Å²) >= 11 is 0. The zero-order valence-corrected chi connectivity index (χ0v) is 9.10. The molecule has 0 amide bonds. The summed E-state index contributed by atoms with van der Waals surface area (Å²) in [5, 5.41) is 0. The monoisotopic (exact) mass is 206 g/mol. The smallest absolute Gasteiger partial charge is 0.119 e. The number of hydrogen-bond donors (Lipinski definition) is 1. The fourth-order valence-electron chi connectivity index (χ4n) is 1.89. The molecule has 1 atom stereocenters. The Morgan fingerprint density at radius 2 is 2.07 bits per heavy atom. The Balaban J connectivity index is 1.75. The lowest BCUT2D eigenvalue weighted by Gasteiger charge is -2.38. The van der Waals surface area contributed by atoms with Crippen LogP contribution in [0.25, 0.3) is 0 Å². The normalized spacial score (nSPS) is 19.6. The van der Waals surface area contributed by atoms with E-state index in [9.17, 15) is 0 Å². The average Bonchev–Trinajstić information content (AvgIpc) is 2.17. The highest BCUT2D eigenvalue weighted by Gasteiger charge is 2.24. The summed E-state index contributed by atoms with van der Waals surface area (Å²) in [5.41, 5.74) is 5.71. The van der Waals surface area contributed by atoms with Crippen LogP contribution in [0.5, 0.6) is 5.75 Å². The molecule has 0 spiro atoms. The van der Waals surface area contributed by atoms with Crippen LogP contribution in [-0.4, -0.2) is 36.7 Å². The van der Waals surface area contributed by atoms with Gasteiger partial charge in [-0.2, -0.15) is 0 Å². The largest absolute Gasteiger partial charge is 0.489 e. The maximum Gasteiger partial charge on any atom is 0.119 e. The number of likely N-dealkylation sites (tertiary alicyclic amines) is 1. The summed E-state index contributed by atoms with van der Waals surface area (Å²) < 4.78 is 5.77. The highest BCUT2D eigenvalue weighted by molar-refractivity contribution is 5.21. The molecule has 0 bridgehead atoms. The number of hydrogen-bond acceptors (Lipinski definition) is 3. The molecule has 1 aromatic carbocycles. The van der Waals surface area contributed by atoms with E-state index < -0.39 is 0 Å². The molecule has 1 aromatic rings. The third kappa shape index (κ3) is 2.94. The van der Waals surface area contributed by atoms with Crippen LogP contribution >= 0.6 is 0 Å². The SMILES string of the molecule is CC(CN1CC(N)C1)Oc1ccccc1. The first-order valence-electron chi connectivity index (χ1n) is 5.43. The van der Waals surface area contributed by atoms with E-state index in [1.165, 1.54) is 0 Å². The minimum absolute atomic E-state index is 0.222. The Bertz CT molecular complexity index is 296. The summed E-state index contributed by atoms with van der Waals surface area (Å²) in [6.45, 7) is 5.06. The number of ether oxygens (including phenoxy) is 1. The lowest BCUT2D eigenvalue weighted by molar-refractivity contribution is 0.0878. The van der Waals surface area contributed by atoms with Crippen molar-refractivity contribution in [3.05, 3.63) is 30.3 Å². The summed E-state index contributed by atoms with van der Waals surface area (Å²) in [6, 6.07) is 10.3. The molecular formula is C12H18N2O. The quantitative estimate of drug-likeness (QED) is 0.801. The predicted octanol–water partition coefficient (Wildman–Crippen LogP) is 1.10. The van der Waals surface area contributed by atoms with Gasteiger partial charge in [-0.15, -0.1) is 0 Å². The van der Waals surface area contributed by atoms with Crippen molar-refractivity contribution in [3.8, 4) is 5.75 Å². The molecule has 15 heavy (non-hydrogen) atoms. The molecule has 0 aliphatic carbocycles. The first kappa shape index (κ1) is 10.5. The molecule has 3 nitrogen and oxygen atoms in total. The summed E-state index contributed by atoms with van der Waals surface area (Å²) in [7, 11) is 0. The summed E-state index contributed by atoms with van der Waals surface area (Å²) in [6.07, 6.45) is 0.222. The van der Waals surface area contributed by atoms with Crippen molar-refractivity contribution in [2.45, 2.75) is 19.1 Å². The molecule has 1 aliphatic heterocycles. The standard InChI is InChI=1S/C12H18N2O/c1-10(7-14-8-11(13)9-14)15-12-5-3-2-4-6-12/h2-6,10-11H,7-9,13H2,1H3. The van der Waals surface area contributed by atoms with E-state index >= 15 is 0 Å². The lowest BCUT2D eigenvalue weighted by atomic mass is 10.1. The van der Waals surface area contributed by atoms with Gasteiger partial charge in [0, 0.05) is 25.7 Å². The molecule has 3 heteroatoms. The zero-order valence-electron chi connectivity index (χ0n) is 9.10. The van der Waals surface area contributed by atoms with Crippen LogP contribution < -0.4 is 10.5 Å². The molecule has 2 rings (SSSR count). The Hall–Kier alpha value is -1.06. The Morgan fingerprint density at radius 3 is 2.67 bits per heavy atom. The van der Waals surface area contributed by atoms with Crippen molar-refractivity contribution in [1.29, 1.82) is 0 Å². The van der Waals surface area contributed by atoms with Gasteiger partial charge in [0.15, 0.2) is 0 Å². The minimum Gasteiger partial charge on any atom is -0.489 e. The third-order valence-electron chi connectivity index (χ3n) is 2.58. The summed E-state index contributed by atoms with van der Waals surface area (Å²) in [5.74, 6) is 0.940. The molecule has 2 N–H and O–H groups in total. The predicted molar refractivity (Wildman–Crippen MR) is 60.9 cm³/mol. The molecule has 0 radical (unpaired) electrons. The van der Waals surface area contributed by atoms with E-state index in [0.29, 0.717) is 6.04 Å². The van der Waals surface area contributed by atoms with E-state index in [1.54, 1.807) is 0 Å². The highest BCUT2D eigenvalue weighted by atomic mass is 16.5. The second-order valence-electron chi connectivity index (χ2n) is 4.22. The van der Waals surface area contributed by atoms with Gasteiger partial charge < -0.3 is 10.5 Å². The summed E-state index contributed by atoms with van der Waals surface area (Å²) in [4.78, 5) is 2.32. The topological polar surface area (TPSA) is 38.5 Å². The second kappa shape index (κ2) is 4.64. The van der Waals surface area contributed by atoms with Crippen LogP contribution in [0.2, 0.25) is 0 Å². The van der Waals surface area contributed by atoms with Crippen molar-refractivity contribution in [3.63, 3.8) is 0 Å². The first-order valence-corrected chi connectivity index (χ1v) is 5.43. The van der Waals surface area contributed by atoms with Gasteiger partial charge in [-0.1, -0.05) is 18.2 Å². The number of nitrogens with zero attached hydrogens (tertiary/aromatic N) is 1. The number of benzene rings is 1. The van der Waals surface area contributed by atoms with E-state index in [2.05, 4.69) is 11.8 Å². The van der Waals surface area contributed by atoms with Crippen molar-refractivity contribution >= 4 is 0 Å². The maximum atomic E-state index is 5.77. The van der Waals surface area contributed by atoms with Crippen LogP contribution in [0.1, 0.15) is 6.92 Å². The number of para-hydroxylation sites is 1. The van der Waals surface area contributed by atoms with Gasteiger partial charge in [-0.05, 0) is 19.1 Å². The lowest BCUT2D eigenvalue weighted by Crippen LogP contribution is -2.57. The van der Waals surface area contributed by atoms with Crippen molar-refractivity contribution < 1.29 is 4.74 Å². The Morgan fingerprint density at radius 1 is 1.40 bits per heavy atom. The van der Waals surface area contributed by atoms with E-state index in [4.69, 9.17) is 10.5 Å². The van der Waals surface area contributed by atoms with Crippen molar-refractivity contribution in [2.24, 2.45) is 5.73 Å². The highest BCUT2D eigenvalue weighted by Crippen LogP contribution is 2.13. The molecule has 1 fully saturated rings. The average molecular weight is 206 g/mol. The second-order valence-corrected chi connectivity index (χ2v) is 4.22. The fourth-order valence-corrected chi connectivity index (χ4v) is 1.89. The van der Waals surface area contributed by atoms with Gasteiger partial charge in [0.2, 0.25) is 0 Å². The van der Waals surface area contributed by atoms with Gasteiger partial charge >= 0.3 is 0 Å². The van der Waals surface area contributed by atoms with E-state index in [-0.39, 0.29) is 6.10 Å². The molecule has 82 valence electrons. The third-order valence-corrected chi connectivity index (χ3v) is 2.58. The number of nitrogens with two attached hydrogens (primary N) is 1. The van der Waals surface area contributed by atoms with Crippen molar-refractivity contribution in [1.82, 2.24) is 4.90 Å². The van der Waals surface area contributed by atoms with Gasteiger partial charge in [0.05, 0.1) is 0 Å². The van der Waals surface area contributed by atoms with Crippen molar-refractivity contribution in [2.75, 3.05) is 19.6 Å². The molecule has 0 aromatic heterocycles. The Kier molecular flexibility index (Phi) is 3.23. The molecule has 1 aliphatic rings. The van der Waals surface area contributed by atoms with Gasteiger partial charge in [0.25, 0.3) is 0 Å². The van der Waals surface area contributed by atoms with E-state index in [0.717, 1.165) is 25.4 Å². The first-order chi connectivity index (χ1) is 7.24. The zero-order chi connectivity index (χ0) is 10.7. The molecule has 1 saturated heterocycles. The van der Waals surface area contributed by atoms with Crippen LogP contribution in [0, 0.1) is 0 Å². The van der Waals surface area contributed by atoms with Crippen LogP contribution in [0.15, 0.2) is 30.3 Å². The van der Waals surface area contributed by atoms with Crippen LogP contribution in [-0.2, 0) is 0 Å².